The van der Waals surface area contributed by atoms with Crippen LogP contribution in [0.1, 0.15) is 22.3 Å². The fraction of sp³-hybridized carbons (Fsp3) is 0.136. The van der Waals surface area contributed by atoms with Crippen molar-refractivity contribution in [3.63, 3.8) is 0 Å². The third kappa shape index (κ3) is 4.55. The lowest BCUT2D eigenvalue weighted by molar-refractivity contribution is -0.385. The Morgan fingerprint density at radius 2 is 1.94 bits per heavy atom. The second kappa shape index (κ2) is 9.40. The highest BCUT2D eigenvalue weighted by atomic mass is 79.9. The highest BCUT2D eigenvalue weighted by Gasteiger charge is 2.24. The second-order valence-corrected chi connectivity index (χ2v) is 9.83. The van der Waals surface area contributed by atoms with E-state index in [1.165, 1.54) is 18.2 Å². The van der Waals surface area contributed by atoms with Crippen LogP contribution in [-0.4, -0.2) is 21.6 Å². The van der Waals surface area contributed by atoms with Crippen LogP contribution in [0.15, 0.2) is 70.0 Å². The maximum absolute atomic E-state index is 13.3. The summed E-state index contributed by atoms with van der Waals surface area (Å²) in [6.07, 6.45) is 1.81. The molecule has 0 saturated carbocycles. The van der Waals surface area contributed by atoms with Gasteiger partial charge in [-0.25, -0.2) is 4.21 Å². The number of amides is 1. The number of halogens is 2. The topological polar surface area (TPSA) is 92.6 Å². The van der Waals surface area contributed by atoms with Gasteiger partial charge in [-0.15, -0.1) is 0 Å². The summed E-state index contributed by atoms with van der Waals surface area (Å²) in [5.41, 5.74) is 1.84. The Labute approximate surface area is 200 Å². The quantitative estimate of drug-likeness (QED) is 0.334. The molecule has 1 heterocycles. The summed E-state index contributed by atoms with van der Waals surface area (Å²) in [6, 6.07) is 16.7. The molecule has 1 atom stereocenters. The van der Waals surface area contributed by atoms with E-state index in [2.05, 4.69) is 21.2 Å². The molecule has 3 aromatic carbocycles. The standard InChI is InChI=1S/C22H17BrClN3O4S/c23-15-7-9-17(21(12-15)27(29)30)22(28)25-19-13-16(8-10-18(19)24)32(31)26-11-3-5-14-4-1-2-6-20(14)26/h1-2,4,6-10,12-13H,3,5,11H2,(H,25,28). The molecule has 164 valence electrons. The number of carbonyl (C=O) groups excluding carboxylic acids is 1. The van der Waals surface area contributed by atoms with Gasteiger partial charge in [-0.2, -0.15) is 0 Å². The molecule has 0 saturated heterocycles. The van der Waals surface area contributed by atoms with Gasteiger partial charge in [0, 0.05) is 17.1 Å². The minimum Gasteiger partial charge on any atom is -0.320 e. The number of nitrogens with zero attached hydrogens (tertiary/aromatic N) is 2. The largest absolute Gasteiger partial charge is 0.320 e. The van der Waals surface area contributed by atoms with E-state index >= 15 is 0 Å². The van der Waals surface area contributed by atoms with Crippen molar-refractivity contribution >= 4 is 61.5 Å². The van der Waals surface area contributed by atoms with Gasteiger partial charge >= 0.3 is 0 Å². The molecular formula is C22H17BrClN3O4S. The molecule has 0 aliphatic carbocycles. The summed E-state index contributed by atoms with van der Waals surface area (Å²) in [4.78, 5) is 24.0. The van der Waals surface area contributed by atoms with Crippen LogP contribution in [-0.2, 0) is 17.4 Å². The summed E-state index contributed by atoms with van der Waals surface area (Å²) >= 11 is 9.43. The van der Waals surface area contributed by atoms with Gasteiger partial charge in [0.1, 0.15) is 5.56 Å². The van der Waals surface area contributed by atoms with E-state index in [1.54, 1.807) is 18.2 Å². The van der Waals surface area contributed by atoms with Crippen LogP contribution < -0.4 is 9.62 Å². The van der Waals surface area contributed by atoms with E-state index in [0.717, 1.165) is 24.1 Å². The van der Waals surface area contributed by atoms with E-state index in [9.17, 15) is 19.1 Å². The normalized spacial score (nSPS) is 13.9. The molecule has 1 aliphatic heterocycles. The lowest BCUT2D eigenvalue weighted by Gasteiger charge is -2.30. The molecule has 32 heavy (non-hydrogen) atoms. The fourth-order valence-electron chi connectivity index (χ4n) is 3.54. The van der Waals surface area contributed by atoms with Crippen LogP contribution >= 0.6 is 27.5 Å². The zero-order chi connectivity index (χ0) is 22.8. The minimum atomic E-state index is -1.51. The highest BCUT2D eigenvalue weighted by molar-refractivity contribution is 9.10. The van der Waals surface area contributed by atoms with Crippen molar-refractivity contribution in [1.82, 2.24) is 0 Å². The van der Waals surface area contributed by atoms with Crippen molar-refractivity contribution in [2.75, 3.05) is 16.2 Å². The number of anilines is 2. The lowest BCUT2D eigenvalue weighted by Crippen LogP contribution is -2.31. The van der Waals surface area contributed by atoms with Crippen molar-refractivity contribution in [3.05, 3.63) is 91.4 Å². The number of para-hydroxylation sites is 1. The van der Waals surface area contributed by atoms with Gasteiger partial charge in [0.15, 0.2) is 11.0 Å². The smallest absolute Gasteiger partial charge is 0.283 e. The number of nitro groups is 1. The number of aryl methyl sites for hydroxylation is 1. The summed E-state index contributed by atoms with van der Waals surface area (Å²) in [6.45, 7) is 0.638. The summed E-state index contributed by atoms with van der Waals surface area (Å²) < 4.78 is 15.7. The Morgan fingerprint density at radius 1 is 1.16 bits per heavy atom. The number of carbonyl (C=O) groups is 1. The molecule has 0 spiro atoms. The van der Waals surface area contributed by atoms with Crippen LogP contribution in [0.4, 0.5) is 17.1 Å². The number of nitro benzene ring substituents is 1. The lowest BCUT2D eigenvalue weighted by atomic mass is 10.0. The molecule has 10 heteroatoms. The first-order chi connectivity index (χ1) is 15.3. The van der Waals surface area contributed by atoms with Crippen molar-refractivity contribution in [3.8, 4) is 0 Å². The maximum atomic E-state index is 13.3. The second-order valence-electron chi connectivity index (χ2n) is 7.10. The van der Waals surface area contributed by atoms with Crippen molar-refractivity contribution in [2.45, 2.75) is 17.7 Å². The van der Waals surface area contributed by atoms with Gasteiger partial charge in [-0.1, -0.05) is 45.7 Å². The molecular weight excluding hydrogens is 518 g/mol. The molecule has 0 radical (unpaired) electrons. The predicted octanol–water partition coefficient (Wildman–Crippen LogP) is 5.74. The Kier molecular flexibility index (Phi) is 6.59. The molecule has 4 rings (SSSR count). The Balaban J connectivity index is 1.63. The summed E-state index contributed by atoms with van der Waals surface area (Å²) in [5, 5.41) is 14.2. The number of hydrogen-bond donors (Lipinski definition) is 1. The third-order valence-corrected chi connectivity index (χ3v) is 7.32. The predicted molar refractivity (Wildman–Crippen MR) is 129 cm³/mol. The maximum Gasteiger partial charge on any atom is 0.283 e. The van der Waals surface area contributed by atoms with Gasteiger partial charge in [0.05, 0.1) is 26.2 Å². The SMILES string of the molecule is O=C(Nc1cc(S(=O)N2CCCc3ccccc32)ccc1Cl)c1ccc(Br)cc1[N+](=O)[O-]. The third-order valence-electron chi connectivity index (χ3n) is 5.06. The first-order valence-electron chi connectivity index (χ1n) is 9.67. The molecule has 1 unspecified atom stereocenters. The molecule has 7 nitrogen and oxygen atoms in total. The van der Waals surface area contributed by atoms with Crippen LogP contribution in [0, 0.1) is 10.1 Å². The molecule has 1 N–H and O–H groups in total. The Hall–Kier alpha value is -2.75. The summed E-state index contributed by atoms with van der Waals surface area (Å²) in [7, 11) is -1.51. The van der Waals surface area contributed by atoms with E-state index in [0.29, 0.717) is 15.9 Å². The molecule has 3 aromatic rings. The Bertz CT molecular complexity index is 1250. The van der Waals surface area contributed by atoms with Crippen LogP contribution in [0.5, 0.6) is 0 Å². The van der Waals surface area contributed by atoms with Gasteiger partial charge in [-0.05, 0) is 54.8 Å². The first kappa shape index (κ1) is 22.4. The van der Waals surface area contributed by atoms with Crippen molar-refractivity contribution in [1.29, 1.82) is 0 Å². The molecule has 0 bridgehead atoms. The van der Waals surface area contributed by atoms with Crippen LogP contribution in [0.25, 0.3) is 0 Å². The number of fused-ring (bicyclic) bond motifs is 1. The number of benzene rings is 3. The van der Waals surface area contributed by atoms with E-state index < -0.39 is 21.8 Å². The molecule has 0 fully saturated rings. The highest BCUT2D eigenvalue weighted by Crippen LogP contribution is 2.32. The van der Waals surface area contributed by atoms with E-state index in [4.69, 9.17) is 11.6 Å². The average Bonchev–Trinajstić information content (AvgIpc) is 2.79. The zero-order valence-corrected chi connectivity index (χ0v) is 19.7. The van der Waals surface area contributed by atoms with Gasteiger partial charge in [-0.3, -0.25) is 19.2 Å². The fourth-order valence-corrected chi connectivity index (χ4v) is 5.37. The van der Waals surface area contributed by atoms with E-state index in [1.807, 2.05) is 28.6 Å². The van der Waals surface area contributed by atoms with Crippen LogP contribution in [0.3, 0.4) is 0 Å². The minimum absolute atomic E-state index is 0.106. The molecule has 1 aliphatic rings. The van der Waals surface area contributed by atoms with Gasteiger partial charge < -0.3 is 5.32 Å². The first-order valence-corrected chi connectivity index (χ1v) is 11.9. The zero-order valence-electron chi connectivity index (χ0n) is 16.6. The average molecular weight is 535 g/mol. The van der Waals surface area contributed by atoms with Crippen LogP contribution in [0.2, 0.25) is 5.02 Å². The number of hydrogen-bond acceptors (Lipinski definition) is 4. The van der Waals surface area contributed by atoms with Crippen molar-refractivity contribution in [2.24, 2.45) is 0 Å². The van der Waals surface area contributed by atoms with Gasteiger partial charge in [0.2, 0.25) is 0 Å². The molecule has 0 aromatic heterocycles. The Morgan fingerprint density at radius 3 is 2.72 bits per heavy atom. The van der Waals surface area contributed by atoms with E-state index in [-0.39, 0.29) is 22.0 Å². The number of nitrogens with one attached hydrogen (secondary N) is 1. The number of rotatable bonds is 5. The summed E-state index contributed by atoms with van der Waals surface area (Å²) in [5.74, 6) is -0.683. The monoisotopic (exact) mass is 533 g/mol. The van der Waals surface area contributed by atoms with Crippen molar-refractivity contribution < 1.29 is 13.9 Å². The molecule has 1 amide bonds. The van der Waals surface area contributed by atoms with Gasteiger partial charge in [0.25, 0.3) is 11.6 Å².